The van der Waals surface area contributed by atoms with Gasteiger partial charge in [0.15, 0.2) is 0 Å². The molecule has 0 aliphatic heterocycles. The van der Waals surface area contributed by atoms with E-state index >= 15 is 0 Å². The average molecular weight is 457 g/mol. The number of hydrogen-bond acceptors (Lipinski definition) is 9. The molecular weight excluding hydrogens is 446 g/mol. The van der Waals surface area contributed by atoms with Gasteiger partial charge < -0.3 is 10.6 Å². The van der Waals surface area contributed by atoms with Crippen LogP contribution < -0.4 is 10.6 Å². The lowest BCUT2D eigenvalue weighted by molar-refractivity contribution is 0.481. The molecule has 0 atom stereocenters. The van der Waals surface area contributed by atoms with E-state index in [4.69, 9.17) is 16.2 Å². The van der Waals surface area contributed by atoms with E-state index in [2.05, 4.69) is 31.7 Å². The molecule has 0 saturated carbocycles. The van der Waals surface area contributed by atoms with Crippen LogP contribution in [0.5, 0.6) is 0 Å². The first kappa shape index (κ1) is 20.9. The number of nitrogens with zero attached hydrogens (tertiary/aromatic N) is 3. The molecule has 0 fully saturated rings. The molecule has 1 heterocycles. The van der Waals surface area contributed by atoms with E-state index < -0.39 is 30.0 Å². The summed E-state index contributed by atoms with van der Waals surface area (Å²) in [5.74, 6) is -0.259. The van der Waals surface area contributed by atoms with Crippen LogP contribution in [0.3, 0.4) is 0 Å². The number of hydrogen-bond donors (Lipinski definition) is 4. The summed E-state index contributed by atoms with van der Waals surface area (Å²) in [6, 6.07) is 11.6. The van der Waals surface area contributed by atoms with E-state index in [-0.39, 0.29) is 28.6 Å². The Morgan fingerprint density at radius 2 is 1.55 bits per heavy atom. The van der Waals surface area contributed by atoms with E-state index in [1.54, 1.807) is 0 Å². The Balaban J connectivity index is 1.93. The van der Waals surface area contributed by atoms with Crippen molar-refractivity contribution in [3.05, 3.63) is 53.8 Å². The molecule has 0 amide bonds. The van der Waals surface area contributed by atoms with Crippen molar-refractivity contribution in [2.75, 3.05) is 10.6 Å². The summed E-state index contributed by atoms with van der Waals surface area (Å²) in [5, 5.41) is 5.03. The van der Waals surface area contributed by atoms with Crippen LogP contribution in [-0.2, 0) is 20.2 Å². The predicted octanol–water partition coefficient (Wildman–Crippen LogP) is 2.31. The molecule has 3 rings (SSSR count). The van der Waals surface area contributed by atoms with Gasteiger partial charge in [0, 0.05) is 11.8 Å². The molecule has 14 heteroatoms. The van der Waals surface area contributed by atoms with Crippen molar-refractivity contribution in [1.82, 2.24) is 15.0 Å². The second kappa shape index (κ2) is 7.88. The van der Waals surface area contributed by atoms with Crippen molar-refractivity contribution in [2.45, 2.75) is 9.79 Å². The zero-order valence-electron chi connectivity index (χ0n) is 14.1. The summed E-state index contributed by atoms with van der Waals surface area (Å²) in [5.41, 5.74) is 0.189. The molecule has 4 N–H and O–H groups in total. The van der Waals surface area contributed by atoms with E-state index in [1.807, 2.05) is 0 Å². The highest BCUT2D eigenvalue weighted by Gasteiger charge is 2.16. The van der Waals surface area contributed by atoms with Gasteiger partial charge in [-0.2, -0.15) is 31.8 Å². The third-order valence-corrected chi connectivity index (χ3v) is 5.20. The van der Waals surface area contributed by atoms with Gasteiger partial charge in [0.2, 0.25) is 17.2 Å². The van der Waals surface area contributed by atoms with E-state index in [0.29, 0.717) is 0 Å². The molecule has 1 aromatic heterocycles. The minimum atomic E-state index is -4.51. The number of anilines is 4. The van der Waals surface area contributed by atoms with Crippen LogP contribution in [0.4, 0.5) is 23.3 Å². The first-order chi connectivity index (χ1) is 13.5. The number of nitrogens with one attached hydrogen (secondary N) is 2. The topological polar surface area (TPSA) is 171 Å². The first-order valence-corrected chi connectivity index (χ1v) is 10.8. The van der Waals surface area contributed by atoms with Crippen LogP contribution in [0.2, 0.25) is 5.28 Å². The molecule has 3 aromatic rings. The largest absolute Gasteiger partial charge is 0.324 e. The Labute approximate surface area is 170 Å². The zero-order valence-corrected chi connectivity index (χ0v) is 16.5. The van der Waals surface area contributed by atoms with Gasteiger partial charge in [-0.3, -0.25) is 9.11 Å². The Kier molecular flexibility index (Phi) is 5.68. The number of aromatic nitrogens is 3. The van der Waals surface area contributed by atoms with Gasteiger partial charge in [-0.15, -0.1) is 0 Å². The molecular formula is C15H11ClN5O6S2. The zero-order chi connectivity index (χ0) is 21.2. The van der Waals surface area contributed by atoms with Gasteiger partial charge in [-0.1, -0.05) is 18.2 Å². The minimum Gasteiger partial charge on any atom is -0.324 e. The SMILES string of the molecule is O=S(=O)(O)c1[c]ccc(Nc2nc(Cl)nc(Nc3ccccc3S(=O)(=O)O)n2)c1. The van der Waals surface area contributed by atoms with Gasteiger partial charge >= 0.3 is 0 Å². The predicted molar refractivity (Wildman–Crippen MR) is 103 cm³/mol. The van der Waals surface area contributed by atoms with Crippen molar-refractivity contribution in [3.8, 4) is 0 Å². The van der Waals surface area contributed by atoms with Crippen molar-refractivity contribution in [1.29, 1.82) is 0 Å². The lowest BCUT2D eigenvalue weighted by Gasteiger charge is -2.11. The van der Waals surface area contributed by atoms with Crippen LogP contribution in [-0.4, -0.2) is 40.9 Å². The fourth-order valence-electron chi connectivity index (χ4n) is 2.18. The highest BCUT2D eigenvalue weighted by Crippen LogP contribution is 2.25. The van der Waals surface area contributed by atoms with Gasteiger partial charge in [-0.05, 0) is 35.9 Å². The quantitative estimate of drug-likeness (QED) is 0.401. The summed E-state index contributed by atoms with van der Waals surface area (Å²) < 4.78 is 63.8. The number of benzene rings is 2. The second-order valence-electron chi connectivity index (χ2n) is 5.39. The summed E-state index contributed by atoms with van der Waals surface area (Å²) in [7, 11) is -8.97. The smallest absolute Gasteiger partial charge is 0.296 e. The molecule has 2 aromatic carbocycles. The fourth-order valence-corrected chi connectivity index (χ4v) is 3.48. The molecule has 0 aliphatic carbocycles. The van der Waals surface area contributed by atoms with Crippen LogP contribution in [0.25, 0.3) is 0 Å². The maximum atomic E-state index is 11.5. The maximum absolute atomic E-state index is 11.5. The maximum Gasteiger partial charge on any atom is 0.296 e. The lowest BCUT2D eigenvalue weighted by atomic mass is 10.3. The molecule has 11 nitrogen and oxygen atoms in total. The number of halogens is 1. The molecule has 0 unspecified atom stereocenters. The van der Waals surface area contributed by atoms with Gasteiger partial charge in [0.25, 0.3) is 20.2 Å². The van der Waals surface area contributed by atoms with E-state index in [9.17, 15) is 21.4 Å². The molecule has 0 saturated heterocycles. The normalized spacial score (nSPS) is 11.8. The number of para-hydroxylation sites is 1. The van der Waals surface area contributed by atoms with E-state index in [0.717, 1.165) is 6.07 Å². The molecule has 151 valence electrons. The first-order valence-electron chi connectivity index (χ1n) is 7.54. The minimum absolute atomic E-state index is 0.00816. The van der Waals surface area contributed by atoms with E-state index in [1.165, 1.54) is 36.4 Å². The third-order valence-electron chi connectivity index (χ3n) is 3.33. The van der Waals surface area contributed by atoms with Crippen molar-refractivity contribution in [3.63, 3.8) is 0 Å². The Morgan fingerprint density at radius 3 is 2.21 bits per heavy atom. The Hall–Kier alpha value is -2.84. The third kappa shape index (κ3) is 5.36. The van der Waals surface area contributed by atoms with Crippen molar-refractivity contribution < 1.29 is 25.9 Å². The standard InChI is InChI=1S/C15H11ClN5O6S2/c16-13-19-14(17-9-4-3-5-10(8-9)28(22,23)24)21-15(20-13)18-11-6-1-2-7-12(11)29(25,26)27/h1-4,6-8H,(H,22,23,24)(H,25,26,27)(H2,17,18,19,20,21). The van der Waals surface area contributed by atoms with Crippen LogP contribution in [0, 0.1) is 6.07 Å². The van der Waals surface area contributed by atoms with Gasteiger partial charge in [0.05, 0.1) is 5.69 Å². The van der Waals surface area contributed by atoms with Crippen molar-refractivity contribution in [2.24, 2.45) is 0 Å². The summed E-state index contributed by atoms with van der Waals surface area (Å²) >= 11 is 5.86. The van der Waals surface area contributed by atoms with Crippen LogP contribution in [0.1, 0.15) is 0 Å². The van der Waals surface area contributed by atoms with Crippen molar-refractivity contribution >= 4 is 55.1 Å². The highest BCUT2D eigenvalue weighted by atomic mass is 35.5. The molecule has 29 heavy (non-hydrogen) atoms. The molecule has 0 aliphatic rings. The molecule has 0 spiro atoms. The fraction of sp³-hybridized carbons (Fsp3) is 0. The lowest BCUT2D eigenvalue weighted by Crippen LogP contribution is -2.07. The summed E-state index contributed by atoms with van der Waals surface area (Å²) in [4.78, 5) is 10.8. The summed E-state index contributed by atoms with van der Waals surface area (Å²) in [6.07, 6.45) is 0. The molecule has 1 radical (unpaired) electrons. The monoisotopic (exact) mass is 456 g/mol. The Bertz CT molecular complexity index is 1280. The van der Waals surface area contributed by atoms with Crippen LogP contribution in [0.15, 0.2) is 52.3 Å². The second-order valence-corrected chi connectivity index (χ2v) is 8.51. The summed E-state index contributed by atoms with van der Waals surface area (Å²) in [6.45, 7) is 0. The average Bonchev–Trinajstić information content (AvgIpc) is 2.60. The highest BCUT2D eigenvalue weighted by molar-refractivity contribution is 7.86. The molecule has 0 bridgehead atoms. The van der Waals surface area contributed by atoms with Crippen LogP contribution >= 0.6 is 11.6 Å². The Morgan fingerprint density at radius 1 is 0.897 bits per heavy atom. The number of rotatable bonds is 6. The van der Waals surface area contributed by atoms with Gasteiger partial charge in [0.1, 0.15) is 9.79 Å². The van der Waals surface area contributed by atoms with Gasteiger partial charge in [-0.25, -0.2) is 0 Å².